The standard InChI is InChI=1S/C20H30FN3O.ClH/c1-22-14-16-9-12-23(13-10-16)20(25)19-4-2-3-11-24(19)15-17-5-7-18(21)8-6-17;/h5-8,16,19,22H,2-4,9-15H2,1H3;1H. The van der Waals surface area contributed by atoms with E-state index in [1.165, 1.54) is 12.1 Å². The smallest absolute Gasteiger partial charge is 0.239 e. The van der Waals surface area contributed by atoms with Crippen LogP contribution in [0.15, 0.2) is 24.3 Å². The van der Waals surface area contributed by atoms with Crippen LogP contribution in [0.4, 0.5) is 4.39 Å². The summed E-state index contributed by atoms with van der Waals surface area (Å²) in [6, 6.07) is 6.65. The molecule has 0 spiro atoms. The van der Waals surface area contributed by atoms with E-state index in [1.807, 2.05) is 19.2 Å². The molecule has 6 heteroatoms. The van der Waals surface area contributed by atoms with Crippen molar-refractivity contribution in [3.05, 3.63) is 35.6 Å². The molecule has 2 aliphatic heterocycles. The van der Waals surface area contributed by atoms with Crippen LogP contribution in [0.2, 0.25) is 0 Å². The van der Waals surface area contributed by atoms with Crippen LogP contribution in [-0.4, -0.2) is 55.0 Å². The van der Waals surface area contributed by atoms with Crippen molar-refractivity contribution in [3.8, 4) is 0 Å². The molecule has 2 saturated heterocycles. The lowest BCUT2D eigenvalue weighted by Crippen LogP contribution is -2.52. The molecule has 0 aliphatic carbocycles. The van der Waals surface area contributed by atoms with E-state index in [1.54, 1.807) is 0 Å². The third-order valence-corrected chi connectivity index (χ3v) is 5.62. The van der Waals surface area contributed by atoms with E-state index < -0.39 is 0 Å². The highest BCUT2D eigenvalue weighted by Crippen LogP contribution is 2.24. The predicted octanol–water partition coefficient (Wildman–Crippen LogP) is 3.06. The average Bonchev–Trinajstić information content (AvgIpc) is 2.64. The number of benzene rings is 1. The summed E-state index contributed by atoms with van der Waals surface area (Å²) in [6.45, 7) is 4.48. The first-order valence-electron chi connectivity index (χ1n) is 9.59. The van der Waals surface area contributed by atoms with Gasteiger partial charge in [-0.3, -0.25) is 9.69 Å². The number of carbonyl (C=O) groups is 1. The summed E-state index contributed by atoms with van der Waals surface area (Å²) in [5.74, 6) is 0.778. The molecular weight excluding hydrogens is 353 g/mol. The van der Waals surface area contributed by atoms with Gasteiger partial charge in [0, 0.05) is 19.6 Å². The minimum Gasteiger partial charge on any atom is -0.341 e. The predicted molar refractivity (Wildman–Crippen MR) is 105 cm³/mol. The lowest BCUT2D eigenvalue weighted by Gasteiger charge is -2.40. The second-order valence-electron chi connectivity index (χ2n) is 7.43. The van der Waals surface area contributed by atoms with E-state index in [-0.39, 0.29) is 24.3 Å². The Labute approximate surface area is 162 Å². The first-order chi connectivity index (χ1) is 12.2. The Kier molecular flexibility index (Phi) is 8.32. The SMILES string of the molecule is CNCC1CCN(C(=O)C2CCCCN2Cc2ccc(F)cc2)CC1.Cl. The quantitative estimate of drug-likeness (QED) is 0.848. The van der Waals surface area contributed by atoms with Gasteiger partial charge in [0.15, 0.2) is 0 Å². The molecule has 1 N–H and O–H groups in total. The van der Waals surface area contributed by atoms with E-state index in [0.717, 1.165) is 70.4 Å². The van der Waals surface area contributed by atoms with Gasteiger partial charge >= 0.3 is 0 Å². The normalized spacial score (nSPS) is 22.1. The number of hydrogen-bond donors (Lipinski definition) is 1. The Morgan fingerprint density at radius 3 is 2.46 bits per heavy atom. The fraction of sp³-hybridized carbons (Fsp3) is 0.650. The Balaban J connectivity index is 0.00000243. The summed E-state index contributed by atoms with van der Waals surface area (Å²) in [5.41, 5.74) is 1.08. The molecular formula is C20H31ClFN3O. The number of likely N-dealkylation sites (tertiary alicyclic amines) is 2. The summed E-state index contributed by atoms with van der Waals surface area (Å²) in [5, 5.41) is 3.24. The number of nitrogens with one attached hydrogen (secondary N) is 1. The molecule has 1 unspecified atom stereocenters. The summed E-state index contributed by atoms with van der Waals surface area (Å²) in [4.78, 5) is 17.4. The Hall–Kier alpha value is -1.17. The molecule has 1 aromatic carbocycles. The van der Waals surface area contributed by atoms with Crippen molar-refractivity contribution >= 4 is 18.3 Å². The number of carbonyl (C=O) groups excluding carboxylic acids is 1. The number of hydrogen-bond acceptors (Lipinski definition) is 3. The summed E-state index contributed by atoms with van der Waals surface area (Å²) >= 11 is 0. The van der Waals surface area contributed by atoms with Crippen LogP contribution >= 0.6 is 12.4 Å². The molecule has 4 nitrogen and oxygen atoms in total. The van der Waals surface area contributed by atoms with Gasteiger partial charge < -0.3 is 10.2 Å². The van der Waals surface area contributed by atoms with Crippen molar-refractivity contribution in [3.63, 3.8) is 0 Å². The minimum atomic E-state index is -0.209. The van der Waals surface area contributed by atoms with Crippen molar-refractivity contribution in [2.24, 2.45) is 5.92 Å². The van der Waals surface area contributed by atoms with Gasteiger partial charge in [-0.1, -0.05) is 18.6 Å². The molecule has 2 aliphatic rings. The first-order valence-corrected chi connectivity index (χ1v) is 9.59. The molecule has 0 radical (unpaired) electrons. The van der Waals surface area contributed by atoms with Gasteiger partial charge in [0.25, 0.3) is 0 Å². The number of halogens is 2. The highest BCUT2D eigenvalue weighted by atomic mass is 35.5. The molecule has 3 rings (SSSR count). The second-order valence-corrected chi connectivity index (χ2v) is 7.43. The van der Waals surface area contributed by atoms with Crippen LogP contribution in [-0.2, 0) is 11.3 Å². The molecule has 2 heterocycles. The Bertz CT molecular complexity index is 561. The van der Waals surface area contributed by atoms with Gasteiger partial charge in [-0.05, 0) is 69.4 Å². The van der Waals surface area contributed by atoms with E-state index in [4.69, 9.17) is 0 Å². The van der Waals surface area contributed by atoms with E-state index in [0.29, 0.717) is 11.8 Å². The molecule has 1 aromatic rings. The third-order valence-electron chi connectivity index (χ3n) is 5.62. The lowest BCUT2D eigenvalue weighted by atomic mass is 9.94. The van der Waals surface area contributed by atoms with Gasteiger partial charge in [0.2, 0.25) is 5.91 Å². The number of piperidine rings is 2. The molecule has 1 amide bonds. The topological polar surface area (TPSA) is 35.6 Å². The molecule has 146 valence electrons. The minimum absolute atomic E-state index is 0. The maximum absolute atomic E-state index is 13.1. The zero-order valence-electron chi connectivity index (χ0n) is 15.6. The fourth-order valence-corrected chi connectivity index (χ4v) is 4.14. The van der Waals surface area contributed by atoms with Crippen LogP contribution in [0.1, 0.15) is 37.7 Å². The zero-order chi connectivity index (χ0) is 17.6. The Morgan fingerprint density at radius 1 is 1.12 bits per heavy atom. The van der Waals surface area contributed by atoms with Crippen molar-refractivity contribution < 1.29 is 9.18 Å². The summed E-state index contributed by atoms with van der Waals surface area (Å²) in [7, 11) is 1.99. The van der Waals surface area contributed by atoms with Crippen molar-refractivity contribution in [2.75, 3.05) is 33.2 Å². The van der Waals surface area contributed by atoms with Crippen LogP contribution < -0.4 is 5.32 Å². The number of nitrogens with zero attached hydrogens (tertiary/aromatic N) is 2. The van der Waals surface area contributed by atoms with Gasteiger partial charge in [-0.25, -0.2) is 4.39 Å². The van der Waals surface area contributed by atoms with Gasteiger partial charge in [0.05, 0.1) is 6.04 Å². The van der Waals surface area contributed by atoms with Crippen LogP contribution in [0.5, 0.6) is 0 Å². The van der Waals surface area contributed by atoms with Crippen molar-refractivity contribution in [1.82, 2.24) is 15.1 Å². The molecule has 26 heavy (non-hydrogen) atoms. The van der Waals surface area contributed by atoms with Crippen molar-refractivity contribution in [2.45, 2.75) is 44.7 Å². The van der Waals surface area contributed by atoms with Gasteiger partial charge in [-0.15, -0.1) is 12.4 Å². The third kappa shape index (κ3) is 5.41. The van der Waals surface area contributed by atoms with Crippen LogP contribution in [0.25, 0.3) is 0 Å². The highest BCUT2D eigenvalue weighted by molar-refractivity contribution is 5.85. The largest absolute Gasteiger partial charge is 0.341 e. The average molecular weight is 384 g/mol. The molecule has 0 bridgehead atoms. The second kappa shape index (κ2) is 10.2. The summed E-state index contributed by atoms with van der Waals surface area (Å²) in [6.07, 6.45) is 5.38. The van der Waals surface area contributed by atoms with Gasteiger partial charge in [-0.2, -0.15) is 0 Å². The molecule has 2 fully saturated rings. The highest BCUT2D eigenvalue weighted by Gasteiger charge is 2.33. The van der Waals surface area contributed by atoms with Gasteiger partial charge in [0.1, 0.15) is 5.82 Å². The number of rotatable bonds is 5. The maximum atomic E-state index is 13.1. The molecule has 1 atom stereocenters. The van der Waals surface area contributed by atoms with E-state index >= 15 is 0 Å². The summed E-state index contributed by atoms with van der Waals surface area (Å²) < 4.78 is 13.1. The fourth-order valence-electron chi connectivity index (χ4n) is 4.14. The zero-order valence-corrected chi connectivity index (χ0v) is 16.4. The number of amides is 1. The maximum Gasteiger partial charge on any atom is 0.239 e. The van der Waals surface area contributed by atoms with Crippen LogP contribution in [0, 0.1) is 11.7 Å². The lowest BCUT2D eigenvalue weighted by molar-refractivity contribution is -0.140. The van der Waals surface area contributed by atoms with Crippen molar-refractivity contribution in [1.29, 1.82) is 0 Å². The Morgan fingerprint density at radius 2 is 1.81 bits per heavy atom. The monoisotopic (exact) mass is 383 g/mol. The van der Waals surface area contributed by atoms with E-state index in [9.17, 15) is 9.18 Å². The van der Waals surface area contributed by atoms with E-state index in [2.05, 4.69) is 15.1 Å². The van der Waals surface area contributed by atoms with Crippen LogP contribution in [0.3, 0.4) is 0 Å². The molecule has 0 aromatic heterocycles. The first kappa shape index (κ1) is 21.1. The molecule has 0 saturated carbocycles.